The molecule has 1 aliphatic heterocycles. The van der Waals surface area contributed by atoms with Crippen molar-refractivity contribution in [1.29, 1.82) is 0 Å². The fraction of sp³-hybridized carbons (Fsp3) is 0.300. The smallest absolute Gasteiger partial charge is 0.314 e. The molecular formula is C20H19ClFNO3. The summed E-state index contributed by atoms with van der Waals surface area (Å²) in [7, 11) is 0. The number of esters is 1. The van der Waals surface area contributed by atoms with E-state index in [9.17, 15) is 14.0 Å². The van der Waals surface area contributed by atoms with Crippen LogP contribution in [0.2, 0.25) is 5.02 Å². The Hall–Kier alpha value is -2.40. The van der Waals surface area contributed by atoms with Gasteiger partial charge in [-0.1, -0.05) is 29.8 Å². The van der Waals surface area contributed by atoms with Crippen molar-refractivity contribution in [3.05, 3.63) is 64.4 Å². The quantitative estimate of drug-likeness (QED) is 0.595. The second kappa shape index (κ2) is 7.87. The zero-order valence-electron chi connectivity index (χ0n) is 14.4. The minimum absolute atomic E-state index is 0.0171. The van der Waals surface area contributed by atoms with E-state index in [4.69, 9.17) is 16.3 Å². The van der Waals surface area contributed by atoms with Crippen LogP contribution < -0.4 is 4.74 Å². The van der Waals surface area contributed by atoms with Gasteiger partial charge in [-0.2, -0.15) is 0 Å². The molecule has 0 saturated carbocycles. The second-order valence-electron chi connectivity index (χ2n) is 6.38. The number of ether oxygens (including phenoxy) is 1. The molecule has 2 aromatic carbocycles. The molecule has 26 heavy (non-hydrogen) atoms. The lowest BCUT2D eigenvalue weighted by molar-refractivity contribution is -0.140. The average molecular weight is 376 g/mol. The molecule has 0 radical (unpaired) electrons. The third kappa shape index (κ3) is 4.05. The standard InChI is InChI=1S/C20H19ClFNO3/c1-13-4-2-3-5-16(13)19(24)23-10-8-14(9-11-23)20(25)26-18-7-6-15(22)12-17(18)21/h2-7,12,14H,8-11H2,1H3. The normalized spacial score (nSPS) is 15.0. The van der Waals surface area contributed by atoms with E-state index in [-0.39, 0.29) is 22.6 Å². The van der Waals surface area contributed by atoms with Gasteiger partial charge in [0.15, 0.2) is 0 Å². The van der Waals surface area contributed by atoms with Crippen molar-refractivity contribution in [2.75, 3.05) is 13.1 Å². The van der Waals surface area contributed by atoms with E-state index >= 15 is 0 Å². The number of carbonyl (C=O) groups excluding carboxylic acids is 2. The molecule has 1 saturated heterocycles. The predicted molar refractivity (Wildman–Crippen MR) is 96.9 cm³/mol. The fourth-order valence-electron chi connectivity index (χ4n) is 3.05. The Labute approximate surface area is 156 Å². The van der Waals surface area contributed by atoms with Crippen LogP contribution in [0.15, 0.2) is 42.5 Å². The maximum atomic E-state index is 13.1. The monoisotopic (exact) mass is 375 g/mol. The predicted octanol–water partition coefficient (Wildman–Crippen LogP) is 4.25. The molecule has 3 rings (SSSR count). The highest BCUT2D eigenvalue weighted by Crippen LogP contribution is 2.28. The Morgan fingerprint density at radius 2 is 1.85 bits per heavy atom. The fourth-order valence-corrected chi connectivity index (χ4v) is 3.26. The van der Waals surface area contributed by atoms with E-state index < -0.39 is 11.8 Å². The summed E-state index contributed by atoms with van der Waals surface area (Å²) < 4.78 is 18.4. The Balaban J connectivity index is 1.59. The number of halogens is 2. The lowest BCUT2D eigenvalue weighted by Crippen LogP contribution is -2.41. The highest BCUT2D eigenvalue weighted by Gasteiger charge is 2.29. The Bertz CT molecular complexity index is 832. The summed E-state index contributed by atoms with van der Waals surface area (Å²) in [6.07, 6.45) is 1.05. The Morgan fingerprint density at radius 1 is 1.15 bits per heavy atom. The molecule has 1 aliphatic rings. The summed E-state index contributed by atoms with van der Waals surface area (Å²) in [5.74, 6) is -1.07. The first kappa shape index (κ1) is 18.4. The van der Waals surface area contributed by atoms with Crippen LogP contribution in [0.25, 0.3) is 0 Å². The number of aryl methyl sites for hydroxylation is 1. The number of hydrogen-bond donors (Lipinski definition) is 0. The molecule has 1 heterocycles. The van der Waals surface area contributed by atoms with Crippen molar-refractivity contribution in [3.8, 4) is 5.75 Å². The number of hydrogen-bond acceptors (Lipinski definition) is 3. The van der Waals surface area contributed by atoms with E-state index in [2.05, 4.69) is 0 Å². The number of benzene rings is 2. The maximum absolute atomic E-state index is 13.1. The van der Waals surface area contributed by atoms with Gasteiger partial charge in [0.25, 0.3) is 5.91 Å². The number of carbonyl (C=O) groups is 2. The molecule has 1 amide bonds. The van der Waals surface area contributed by atoms with Gasteiger partial charge in [-0.15, -0.1) is 0 Å². The topological polar surface area (TPSA) is 46.6 Å². The molecule has 0 spiro atoms. The molecule has 136 valence electrons. The van der Waals surface area contributed by atoms with Gasteiger partial charge >= 0.3 is 5.97 Å². The maximum Gasteiger partial charge on any atom is 0.314 e. The zero-order valence-corrected chi connectivity index (χ0v) is 15.1. The number of rotatable bonds is 3. The number of amides is 1. The van der Waals surface area contributed by atoms with Crippen LogP contribution in [0.4, 0.5) is 4.39 Å². The lowest BCUT2D eigenvalue weighted by Gasteiger charge is -2.31. The molecule has 0 atom stereocenters. The zero-order chi connectivity index (χ0) is 18.7. The molecule has 6 heteroatoms. The first-order valence-corrected chi connectivity index (χ1v) is 8.85. The summed E-state index contributed by atoms with van der Waals surface area (Å²) in [5.41, 5.74) is 1.62. The number of piperidine rings is 1. The van der Waals surface area contributed by atoms with Crippen LogP contribution in [0.3, 0.4) is 0 Å². The SMILES string of the molecule is Cc1ccccc1C(=O)N1CCC(C(=O)Oc2ccc(F)cc2Cl)CC1. The Kier molecular flexibility index (Phi) is 5.57. The number of likely N-dealkylation sites (tertiary alicyclic amines) is 1. The van der Waals surface area contributed by atoms with Gasteiger partial charge in [0, 0.05) is 18.7 Å². The van der Waals surface area contributed by atoms with Crippen LogP contribution in [-0.4, -0.2) is 29.9 Å². The van der Waals surface area contributed by atoms with Gasteiger partial charge < -0.3 is 9.64 Å². The van der Waals surface area contributed by atoms with Gasteiger partial charge in [0.05, 0.1) is 10.9 Å². The van der Waals surface area contributed by atoms with E-state index in [0.717, 1.165) is 11.6 Å². The van der Waals surface area contributed by atoms with Crippen molar-refractivity contribution in [1.82, 2.24) is 4.90 Å². The first-order chi connectivity index (χ1) is 12.5. The van der Waals surface area contributed by atoms with Crippen molar-refractivity contribution in [2.45, 2.75) is 19.8 Å². The van der Waals surface area contributed by atoms with E-state index in [1.807, 2.05) is 31.2 Å². The van der Waals surface area contributed by atoms with Gasteiger partial charge in [0.1, 0.15) is 11.6 Å². The average Bonchev–Trinajstić information content (AvgIpc) is 2.64. The van der Waals surface area contributed by atoms with E-state index in [1.54, 1.807) is 4.90 Å². The van der Waals surface area contributed by atoms with Gasteiger partial charge in [-0.05, 0) is 49.6 Å². The van der Waals surface area contributed by atoms with Gasteiger partial charge in [-0.3, -0.25) is 9.59 Å². The second-order valence-corrected chi connectivity index (χ2v) is 6.78. The highest BCUT2D eigenvalue weighted by molar-refractivity contribution is 6.32. The van der Waals surface area contributed by atoms with Gasteiger partial charge in [-0.25, -0.2) is 4.39 Å². The van der Waals surface area contributed by atoms with E-state index in [0.29, 0.717) is 31.5 Å². The van der Waals surface area contributed by atoms with Crippen LogP contribution in [0.5, 0.6) is 5.75 Å². The summed E-state index contributed by atoms with van der Waals surface area (Å²) in [6, 6.07) is 11.1. The minimum atomic E-state index is -0.488. The summed E-state index contributed by atoms with van der Waals surface area (Å²) in [6.45, 7) is 2.89. The van der Waals surface area contributed by atoms with Crippen LogP contribution in [-0.2, 0) is 4.79 Å². The first-order valence-electron chi connectivity index (χ1n) is 8.47. The molecule has 0 N–H and O–H groups in total. The third-order valence-electron chi connectivity index (χ3n) is 4.60. The van der Waals surface area contributed by atoms with Crippen molar-refractivity contribution in [3.63, 3.8) is 0 Å². The summed E-state index contributed by atoms with van der Waals surface area (Å²) in [5, 5.41) is 0.0607. The lowest BCUT2D eigenvalue weighted by atomic mass is 9.96. The molecule has 1 fully saturated rings. The molecule has 0 aliphatic carbocycles. The largest absolute Gasteiger partial charge is 0.425 e. The summed E-state index contributed by atoms with van der Waals surface area (Å²) in [4.78, 5) is 26.7. The molecule has 0 bridgehead atoms. The molecular weight excluding hydrogens is 357 g/mol. The molecule has 2 aromatic rings. The molecule has 0 unspecified atom stereocenters. The summed E-state index contributed by atoms with van der Waals surface area (Å²) >= 11 is 5.89. The highest BCUT2D eigenvalue weighted by atomic mass is 35.5. The van der Waals surface area contributed by atoms with Crippen molar-refractivity contribution < 1.29 is 18.7 Å². The van der Waals surface area contributed by atoms with E-state index in [1.165, 1.54) is 12.1 Å². The van der Waals surface area contributed by atoms with Crippen molar-refractivity contribution in [2.24, 2.45) is 5.92 Å². The molecule has 0 aromatic heterocycles. The molecule has 4 nitrogen and oxygen atoms in total. The van der Waals surface area contributed by atoms with Crippen molar-refractivity contribution >= 4 is 23.5 Å². The Morgan fingerprint density at radius 3 is 2.50 bits per heavy atom. The minimum Gasteiger partial charge on any atom is -0.425 e. The van der Waals surface area contributed by atoms with Crippen LogP contribution >= 0.6 is 11.6 Å². The van der Waals surface area contributed by atoms with Gasteiger partial charge in [0.2, 0.25) is 0 Å². The third-order valence-corrected chi connectivity index (χ3v) is 4.89. The number of nitrogens with zero attached hydrogens (tertiary/aromatic N) is 1. The van der Waals surface area contributed by atoms with Crippen LogP contribution in [0.1, 0.15) is 28.8 Å². The van der Waals surface area contributed by atoms with Crippen LogP contribution in [0, 0.1) is 18.7 Å².